The van der Waals surface area contributed by atoms with Gasteiger partial charge in [0.15, 0.2) is 0 Å². The Morgan fingerprint density at radius 2 is 1.70 bits per heavy atom. The quantitative estimate of drug-likeness (QED) is 0.772. The van der Waals surface area contributed by atoms with Gasteiger partial charge in [-0.3, -0.25) is 14.6 Å². The Bertz CT molecular complexity index is 921. The summed E-state index contributed by atoms with van der Waals surface area (Å²) >= 11 is 0. The zero-order chi connectivity index (χ0) is 20.8. The van der Waals surface area contributed by atoms with Crippen LogP contribution < -0.4 is 4.90 Å². The molecule has 1 spiro atoms. The largest absolute Gasteiger partial charge is 0.337 e. The van der Waals surface area contributed by atoms with Crippen LogP contribution >= 0.6 is 0 Å². The number of para-hydroxylation sites is 1. The summed E-state index contributed by atoms with van der Waals surface area (Å²) in [6.45, 7) is 6.86. The molecule has 0 aromatic heterocycles. The van der Waals surface area contributed by atoms with Crippen molar-refractivity contribution in [3.8, 4) is 0 Å². The summed E-state index contributed by atoms with van der Waals surface area (Å²) in [5, 5.41) is 0. The van der Waals surface area contributed by atoms with E-state index < -0.39 is 5.79 Å². The number of anilines is 1. The monoisotopic (exact) mass is 406 g/mol. The molecule has 0 bridgehead atoms. The fourth-order valence-corrected chi connectivity index (χ4v) is 4.97. The van der Waals surface area contributed by atoms with Crippen LogP contribution in [0.25, 0.3) is 0 Å². The Hall–Kier alpha value is -2.21. The number of hydrogen-bond donors (Lipinski definition) is 0. The van der Waals surface area contributed by atoms with Crippen LogP contribution in [0.1, 0.15) is 44.2 Å². The van der Waals surface area contributed by atoms with Gasteiger partial charge in [-0.15, -0.1) is 0 Å². The average molecular weight is 407 g/mol. The lowest BCUT2D eigenvalue weighted by Gasteiger charge is -2.42. The lowest BCUT2D eigenvalue weighted by Crippen LogP contribution is -2.55. The second-order valence-corrected chi connectivity index (χ2v) is 9.17. The molecule has 2 saturated heterocycles. The molecule has 5 heteroatoms. The van der Waals surface area contributed by atoms with E-state index in [4.69, 9.17) is 9.47 Å². The highest BCUT2D eigenvalue weighted by molar-refractivity contribution is 6.06. The van der Waals surface area contributed by atoms with Gasteiger partial charge in [0.1, 0.15) is 0 Å². The van der Waals surface area contributed by atoms with Crippen LogP contribution in [0.4, 0.5) is 5.69 Å². The molecule has 2 aromatic rings. The summed E-state index contributed by atoms with van der Waals surface area (Å²) < 4.78 is 12.7. The van der Waals surface area contributed by atoms with Crippen molar-refractivity contribution >= 4 is 11.6 Å². The molecular formula is C25H30N2O3. The Morgan fingerprint density at radius 1 is 1.00 bits per heavy atom. The predicted molar refractivity (Wildman–Crippen MR) is 116 cm³/mol. The minimum absolute atomic E-state index is 0.100. The zero-order valence-corrected chi connectivity index (χ0v) is 17.8. The minimum Gasteiger partial charge on any atom is -0.337 e. The summed E-state index contributed by atoms with van der Waals surface area (Å²) in [4.78, 5) is 18.0. The van der Waals surface area contributed by atoms with Gasteiger partial charge in [-0.05, 0) is 31.4 Å². The van der Waals surface area contributed by atoms with Crippen molar-refractivity contribution < 1.29 is 14.3 Å². The van der Waals surface area contributed by atoms with Crippen molar-refractivity contribution in [3.63, 3.8) is 0 Å². The lowest BCUT2D eigenvalue weighted by atomic mass is 9.83. The van der Waals surface area contributed by atoms with E-state index in [2.05, 4.69) is 30.9 Å². The maximum Gasteiger partial charge on any atom is 0.293 e. The first-order valence-electron chi connectivity index (χ1n) is 11.0. The van der Waals surface area contributed by atoms with Gasteiger partial charge >= 0.3 is 0 Å². The fraction of sp³-hybridized carbons (Fsp3) is 0.480. The van der Waals surface area contributed by atoms with Crippen LogP contribution in [0.3, 0.4) is 0 Å². The molecule has 3 heterocycles. The topological polar surface area (TPSA) is 42.0 Å². The minimum atomic E-state index is -1.33. The molecule has 5 nitrogen and oxygen atoms in total. The summed E-state index contributed by atoms with van der Waals surface area (Å²) in [6, 6.07) is 18.7. The molecule has 2 fully saturated rings. The molecule has 0 radical (unpaired) electrons. The summed E-state index contributed by atoms with van der Waals surface area (Å²) in [7, 11) is 0. The van der Waals surface area contributed by atoms with E-state index >= 15 is 0 Å². The van der Waals surface area contributed by atoms with Gasteiger partial charge in [-0.1, -0.05) is 61.9 Å². The van der Waals surface area contributed by atoms with E-state index in [0.29, 0.717) is 25.9 Å². The highest BCUT2D eigenvalue weighted by Crippen LogP contribution is 2.48. The number of benzene rings is 2. The molecule has 0 aliphatic carbocycles. The molecule has 1 atom stereocenters. The zero-order valence-electron chi connectivity index (χ0n) is 17.8. The number of fused-ring (bicyclic) bond motifs is 2. The van der Waals surface area contributed by atoms with Crippen LogP contribution in [-0.4, -0.2) is 43.3 Å². The highest BCUT2D eigenvalue weighted by atomic mass is 16.7. The summed E-state index contributed by atoms with van der Waals surface area (Å²) in [5.41, 5.74) is 2.62. The van der Waals surface area contributed by atoms with E-state index in [9.17, 15) is 4.79 Å². The SMILES string of the molecule is C[C@@H]1CCCCN1CN1C(=O)C2(OCC(C)(c3ccccc3)CO2)c2ccccc21. The van der Waals surface area contributed by atoms with Crippen molar-refractivity contribution in [1.82, 2.24) is 4.90 Å². The van der Waals surface area contributed by atoms with Crippen LogP contribution in [-0.2, 0) is 25.5 Å². The number of rotatable bonds is 3. The first-order chi connectivity index (χ1) is 14.5. The number of piperidine rings is 1. The molecule has 0 saturated carbocycles. The Kier molecular flexibility index (Phi) is 4.92. The van der Waals surface area contributed by atoms with Gasteiger partial charge in [0.05, 0.1) is 25.6 Å². The van der Waals surface area contributed by atoms with Gasteiger partial charge in [-0.25, -0.2) is 0 Å². The van der Waals surface area contributed by atoms with E-state index in [1.54, 1.807) is 0 Å². The summed E-state index contributed by atoms with van der Waals surface area (Å²) in [6.07, 6.45) is 3.62. The number of carbonyl (C=O) groups excluding carboxylic acids is 1. The smallest absolute Gasteiger partial charge is 0.293 e. The van der Waals surface area contributed by atoms with Gasteiger partial charge in [0, 0.05) is 23.6 Å². The molecule has 3 aliphatic heterocycles. The van der Waals surface area contributed by atoms with Gasteiger partial charge in [-0.2, -0.15) is 0 Å². The van der Waals surface area contributed by atoms with Crippen LogP contribution in [0.5, 0.6) is 0 Å². The molecule has 0 unspecified atom stereocenters. The number of amides is 1. The second kappa shape index (κ2) is 7.49. The van der Waals surface area contributed by atoms with E-state index in [1.807, 2.05) is 47.4 Å². The van der Waals surface area contributed by atoms with Crippen molar-refractivity contribution in [2.24, 2.45) is 0 Å². The third kappa shape index (κ3) is 3.08. The van der Waals surface area contributed by atoms with Crippen molar-refractivity contribution in [2.75, 3.05) is 31.3 Å². The van der Waals surface area contributed by atoms with Crippen molar-refractivity contribution in [3.05, 3.63) is 65.7 Å². The third-order valence-corrected chi connectivity index (χ3v) is 7.00. The van der Waals surface area contributed by atoms with Crippen LogP contribution in [0, 0.1) is 0 Å². The highest BCUT2D eigenvalue weighted by Gasteiger charge is 2.57. The van der Waals surface area contributed by atoms with E-state index in [1.165, 1.54) is 19.3 Å². The normalized spacial score (nSPS) is 31.9. The van der Waals surface area contributed by atoms with Crippen molar-refractivity contribution in [2.45, 2.75) is 50.4 Å². The van der Waals surface area contributed by atoms with E-state index in [0.717, 1.165) is 23.4 Å². The van der Waals surface area contributed by atoms with Gasteiger partial charge < -0.3 is 9.47 Å². The van der Waals surface area contributed by atoms with Gasteiger partial charge in [0.25, 0.3) is 11.7 Å². The number of hydrogen-bond acceptors (Lipinski definition) is 4. The molecule has 3 aliphatic rings. The molecule has 2 aromatic carbocycles. The molecule has 5 rings (SSSR count). The summed E-state index contributed by atoms with van der Waals surface area (Å²) in [5.74, 6) is -1.43. The van der Waals surface area contributed by atoms with Crippen LogP contribution in [0.2, 0.25) is 0 Å². The standard InChI is InChI=1S/C25H30N2O3/c1-19-10-8-9-15-26(19)18-27-22-14-7-6-13-21(22)25(23(27)28)29-16-24(2,17-30-25)20-11-4-3-5-12-20/h3-7,11-14,19H,8-10,15-18H2,1-2H3/t19-,24?,25?/m1/s1. The van der Waals surface area contributed by atoms with Gasteiger partial charge in [0.2, 0.25) is 0 Å². The molecule has 0 N–H and O–H groups in total. The van der Waals surface area contributed by atoms with Crippen LogP contribution in [0.15, 0.2) is 54.6 Å². The Morgan fingerprint density at radius 3 is 2.43 bits per heavy atom. The number of ether oxygens (including phenoxy) is 2. The molecule has 30 heavy (non-hydrogen) atoms. The Labute approximate surface area is 178 Å². The third-order valence-electron chi connectivity index (χ3n) is 7.00. The number of likely N-dealkylation sites (tertiary alicyclic amines) is 1. The first kappa shape index (κ1) is 19.7. The number of carbonyl (C=O) groups is 1. The number of nitrogens with zero attached hydrogens (tertiary/aromatic N) is 2. The lowest BCUT2D eigenvalue weighted by molar-refractivity contribution is -0.276. The first-order valence-corrected chi connectivity index (χ1v) is 11.0. The molecular weight excluding hydrogens is 376 g/mol. The maximum absolute atomic E-state index is 13.7. The average Bonchev–Trinajstić information content (AvgIpc) is 3.01. The Balaban J connectivity index is 1.43. The molecule has 158 valence electrons. The predicted octanol–water partition coefficient (Wildman–Crippen LogP) is 4.02. The van der Waals surface area contributed by atoms with E-state index in [-0.39, 0.29) is 11.3 Å². The fourth-order valence-electron chi connectivity index (χ4n) is 4.97. The van der Waals surface area contributed by atoms with Crippen molar-refractivity contribution in [1.29, 1.82) is 0 Å². The second-order valence-electron chi connectivity index (χ2n) is 9.17. The molecule has 1 amide bonds. The maximum atomic E-state index is 13.7.